The fourth-order valence-electron chi connectivity index (χ4n) is 1.54. The van der Waals surface area contributed by atoms with Gasteiger partial charge in [-0.3, -0.25) is 0 Å². The lowest BCUT2D eigenvalue weighted by Gasteiger charge is -2.12. The van der Waals surface area contributed by atoms with Gasteiger partial charge in [0.15, 0.2) is 0 Å². The molecule has 0 amide bonds. The van der Waals surface area contributed by atoms with Gasteiger partial charge in [0.2, 0.25) is 0 Å². The average molecular weight is 234 g/mol. The molecule has 0 saturated heterocycles. The van der Waals surface area contributed by atoms with Crippen LogP contribution in [-0.2, 0) is 0 Å². The monoisotopic (exact) mass is 234 g/mol. The smallest absolute Gasteiger partial charge is 0.122 e. The van der Waals surface area contributed by atoms with Gasteiger partial charge < -0.3 is 15.2 Å². The van der Waals surface area contributed by atoms with Crippen molar-refractivity contribution in [1.82, 2.24) is 15.4 Å². The first-order chi connectivity index (χ1) is 8.24. The highest BCUT2D eigenvalue weighted by Crippen LogP contribution is 2.27. The van der Waals surface area contributed by atoms with Crippen LogP contribution >= 0.6 is 0 Å². The molecular weight excluding hydrogens is 220 g/mol. The van der Waals surface area contributed by atoms with E-state index in [1.165, 1.54) is 0 Å². The number of hydrogen-bond donors (Lipinski definition) is 2. The minimum Gasteiger partial charge on any atom is -0.497 e. The third kappa shape index (κ3) is 2.36. The zero-order chi connectivity index (χ0) is 12.3. The van der Waals surface area contributed by atoms with Crippen molar-refractivity contribution in [3.8, 4) is 11.5 Å². The van der Waals surface area contributed by atoms with Gasteiger partial charge >= 0.3 is 0 Å². The number of nitrogens with two attached hydrogens (primary N) is 1. The minimum atomic E-state index is -0.363. The van der Waals surface area contributed by atoms with Crippen LogP contribution in [0.25, 0.3) is 0 Å². The Kier molecular flexibility index (Phi) is 3.24. The van der Waals surface area contributed by atoms with Gasteiger partial charge in [0.05, 0.1) is 26.5 Å². The standard InChI is InChI=1S/C11H14N4O2/c1-16-8-3-7(4-9(5-8)17-2)11(12)10-6-13-15-14-10/h3-6,11H,12H2,1-2H3,(H,13,14,15). The topological polar surface area (TPSA) is 86.0 Å². The van der Waals surface area contributed by atoms with Crippen LogP contribution < -0.4 is 15.2 Å². The van der Waals surface area contributed by atoms with Crippen LogP contribution in [0.1, 0.15) is 17.3 Å². The molecule has 0 fully saturated rings. The van der Waals surface area contributed by atoms with E-state index in [0.29, 0.717) is 17.2 Å². The molecule has 0 radical (unpaired) electrons. The molecule has 0 aliphatic heterocycles. The van der Waals surface area contributed by atoms with Gasteiger partial charge in [-0.1, -0.05) is 0 Å². The molecule has 1 heterocycles. The van der Waals surface area contributed by atoms with Crippen molar-refractivity contribution in [3.63, 3.8) is 0 Å². The van der Waals surface area contributed by atoms with Gasteiger partial charge in [-0.2, -0.15) is 15.4 Å². The van der Waals surface area contributed by atoms with Gasteiger partial charge in [-0.25, -0.2) is 0 Å². The molecule has 3 N–H and O–H groups in total. The third-order valence-corrected chi connectivity index (χ3v) is 2.49. The first-order valence-electron chi connectivity index (χ1n) is 5.09. The first-order valence-corrected chi connectivity index (χ1v) is 5.09. The maximum atomic E-state index is 6.07. The van der Waals surface area contributed by atoms with Gasteiger partial charge in [0, 0.05) is 6.07 Å². The fourth-order valence-corrected chi connectivity index (χ4v) is 1.54. The highest BCUT2D eigenvalue weighted by Gasteiger charge is 2.14. The molecular formula is C11H14N4O2. The minimum absolute atomic E-state index is 0.363. The number of benzene rings is 1. The van der Waals surface area contributed by atoms with E-state index in [-0.39, 0.29) is 6.04 Å². The lowest BCUT2D eigenvalue weighted by atomic mass is 10.0. The molecule has 17 heavy (non-hydrogen) atoms. The molecule has 1 atom stereocenters. The van der Waals surface area contributed by atoms with E-state index in [1.807, 2.05) is 12.1 Å². The number of ether oxygens (including phenoxy) is 2. The number of aromatic nitrogens is 3. The van der Waals surface area contributed by atoms with Crippen molar-refractivity contribution in [2.45, 2.75) is 6.04 Å². The van der Waals surface area contributed by atoms with E-state index in [4.69, 9.17) is 15.2 Å². The van der Waals surface area contributed by atoms with E-state index in [0.717, 1.165) is 5.56 Å². The Labute approximate surface area is 98.7 Å². The summed E-state index contributed by atoms with van der Waals surface area (Å²) < 4.78 is 10.4. The second kappa shape index (κ2) is 4.84. The maximum absolute atomic E-state index is 6.07. The number of nitrogens with one attached hydrogen (secondary N) is 1. The summed E-state index contributed by atoms with van der Waals surface area (Å²) in [4.78, 5) is 0. The first kappa shape index (κ1) is 11.4. The number of hydrogen-bond acceptors (Lipinski definition) is 5. The second-order valence-corrected chi connectivity index (χ2v) is 3.52. The average Bonchev–Trinajstić information content (AvgIpc) is 2.91. The lowest BCUT2D eigenvalue weighted by molar-refractivity contribution is 0.393. The summed E-state index contributed by atoms with van der Waals surface area (Å²) in [7, 11) is 3.19. The van der Waals surface area contributed by atoms with Crippen molar-refractivity contribution < 1.29 is 9.47 Å². The second-order valence-electron chi connectivity index (χ2n) is 3.52. The number of methoxy groups -OCH3 is 2. The largest absolute Gasteiger partial charge is 0.497 e. The Hall–Kier alpha value is -2.08. The Morgan fingerprint density at radius 2 is 1.82 bits per heavy atom. The van der Waals surface area contributed by atoms with Crippen molar-refractivity contribution >= 4 is 0 Å². The molecule has 6 heteroatoms. The number of rotatable bonds is 4. The Bertz CT molecular complexity index is 462. The Morgan fingerprint density at radius 3 is 2.29 bits per heavy atom. The van der Waals surface area contributed by atoms with Crippen molar-refractivity contribution in [2.75, 3.05) is 14.2 Å². The molecule has 0 saturated carbocycles. The van der Waals surface area contributed by atoms with E-state index in [9.17, 15) is 0 Å². The predicted octanol–water partition coefficient (Wildman–Crippen LogP) is 0.870. The van der Waals surface area contributed by atoms with Crippen LogP contribution in [0.2, 0.25) is 0 Å². The molecule has 1 unspecified atom stereocenters. The maximum Gasteiger partial charge on any atom is 0.122 e. The summed E-state index contributed by atoms with van der Waals surface area (Å²) in [6.45, 7) is 0. The Morgan fingerprint density at radius 1 is 1.18 bits per heavy atom. The van der Waals surface area contributed by atoms with Crippen LogP contribution in [0.15, 0.2) is 24.4 Å². The summed E-state index contributed by atoms with van der Waals surface area (Å²) in [5, 5.41) is 10.2. The summed E-state index contributed by atoms with van der Waals surface area (Å²) >= 11 is 0. The molecule has 0 bridgehead atoms. The van der Waals surface area contributed by atoms with E-state index in [2.05, 4.69) is 15.4 Å². The van der Waals surface area contributed by atoms with Crippen molar-refractivity contribution in [1.29, 1.82) is 0 Å². The molecule has 1 aromatic carbocycles. The molecule has 2 rings (SSSR count). The predicted molar refractivity (Wildman–Crippen MR) is 62.0 cm³/mol. The third-order valence-electron chi connectivity index (χ3n) is 2.49. The summed E-state index contributed by atoms with van der Waals surface area (Å²) in [5.41, 5.74) is 7.60. The van der Waals surface area contributed by atoms with Crippen LogP contribution in [-0.4, -0.2) is 29.6 Å². The lowest BCUT2D eigenvalue weighted by Crippen LogP contribution is -2.12. The van der Waals surface area contributed by atoms with Crippen LogP contribution in [0.3, 0.4) is 0 Å². The summed E-state index contributed by atoms with van der Waals surface area (Å²) in [6.07, 6.45) is 1.59. The van der Waals surface area contributed by atoms with Gasteiger partial charge in [-0.05, 0) is 17.7 Å². The van der Waals surface area contributed by atoms with Crippen LogP contribution in [0.5, 0.6) is 11.5 Å². The van der Waals surface area contributed by atoms with Gasteiger partial charge in [0.25, 0.3) is 0 Å². The quantitative estimate of drug-likeness (QED) is 0.819. The van der Waals surface area contributed by atoms with Gasteiger partial charge in [0.1, 0.15) is 17.2 Å². The molecule has 0 aliphatic rings. The van der Waals surface area contributed by atoms with E-state index in [1.54, 1.807) is 26.5 Å². The van der Waals surface area contributed by atoms with Gasteiger partial charge in [-0.15, -0.1) is 0 Å². The zero-order valence-electron chi connectivity index (χ0n) is 9.68. The SMILES string of the molecule is COc1cc(OC)cc(C(N)c2cn[nH]n2)c1. The normalized spacial score (nSPS) is 12.2. The molecule has 2 aromatic rings. The number of H-pyrrole nitrogens is 1. The molecule has 90 valence electrons. The van der Waals surface area contributed by atoms with E-state index < -0.39 is 0 Å². The number of aromatic amines is 1. The summed E-state index contributed by atoms with van der Waals surface area (Å²) in [6, 6.07) is 5.13. The van der Waals surface area contributed by atoms with Crippen LogP contribution in [0.4, 0.5) is 0 Å². The Balaban J connectivity index is 2.37. The molecule has 1 aromatic heterocycles. The van der Waals surface area contributed by atoms with Crippen LogP contribution in [0, 0.1) is 0 Å². The molecule has 0 spiro atoms. The van der Waals surface area contributed by atoms with Crippen molar-refractivity contribution in [2.24, 2.45) is 5.73 Å². The highest BCUT2D eigenvalue weighted by molar-refractivity contribution is 5.41. The molecule has 0 aliphatic carbocycles. The molecule has 6 nitrogen and oxygen atoms in total. The highest BCUT2D eigenvalue weighted by atomic mass is 16.5. The summed E-state index contributed by atoms with van der Waals surface area (Å²) in [5.74, 6) is 1.39. The number of nitrogens with zero attached hydrogens (tertiary/aromatic N) is 2. The van der Waals surface area contributed by atoms with Crippen molar-refractivity contribution in [3.05, 3.63) is 35.7 Å². The zero-order valence-corrected chi connectivity index (χ0v) is 9.68. The fraction of sp³-hybridized carbons (Fsp3) is 0.273. The van der Waals surface area contributed by atoms with E-state index >= 15 is 0 Å².